The highest BCUT2D eigenvalue weighted by Crippen LogP contribution is 2.49. The van der Waals surface area contributed by atoms with Crippen LogP contribution in [-0.4, -0.2) is 28.2 Å². The number of nitrogens with zero attached hydrogens (tertiary/aromatic N) is 3. The lowest BCUT2D eigenvalue weighted by Crippen LogP contribution is -2.35. The van der Waals surface area contributed by atoms with Gasteiger partial charge in [0.15, 0.2) is 12.4 Å². The Bertz CT molecular complexity index is 1230. The van der Waals surface area contributed by atoms with Gasteiger partial charge in [-0.1, -0.05) is 31.9 Å². The highest BCUT2D eigenvalue weighted by atomic mass is 16.6. The number of terminal acetylenes is 1. The van der Waals surface area contributed by atoms with Gasteiger partial charge in [0.25, 0.3) is 5.69 Å². The molecular weight excluding hydrogens is 420 g/mol. The molecule has 0 fully saturated rings. The molecule has 0 radical (unpaired) electrons. The maximum absolute atomic E-state index is 13.1. The number of fused-ring (bicyclic) bond motifs is 2. The summed E-state index contributed by atoms with van der Waals surface area (Å²) in [5, 5.41) is 11.5. The van der Waals surface area contributed by atoms with Gasteiger partial charge in [0, 0.05) is 40.7 Å². The van der Waals surface area contributed by atoms with Gasteiger partial charge in [-0.15, -0.1) is 6.42 Å². The van der Waals surface area contributed by atoms with E-state index in [9.17, 15) is 14.9 Å². The van der Waals surface area contributed by atoms with Crippen LogP contribution in [0.15, 0.2) is 29.3 Å². The van der Waals surface area contributed by atoms with E-state index in [4.69, 9.17) is 21.9 Å². The predicted octanol–water partition coefficient (Wildman–Crippen LogP) is 4.12. The van der Waals surface area contributed by atoms with Gasteiger partial charge in [-0.3, -0.25) is 14.9 Å². The molecule has 8 nitrogen and oxygen atoms in total. The second kappa shape index (κ2) is 8.32. The number of aryl methyl sites for hydroxylation is 1. The molecule has 2 N–H and O–H groups in total. The number of aromatic nitrogens is 1. The Hall–Kier alpha value is -3.73. The Morgan fingerprint density at radius 3 is 2.88 bits per heavy atom. The van der Waals surface area contributed by atoms with Crippen LogP contribution in [0.2, 0.25) is 0 Å². The molecule has 1 aliphatic carbocycles. The van der Waals surface area contributed by atoms with E-state index in [1.54, 1.807) is 19.1 Å². The van der Waals surface area contributed by atoms with Crippen molar-refractivity contribution in [2.24, 2.45) is 16.3 Å². The number of nitrogen functional groups attached to an aromatic ring is 1. The summed E-state index contributed by atoms with van der Waals surface area (Å²) in [6.45, 7) is 5.93. The van der Waals surface area contributed by atoms with Crippen LogP contribution in [0.4, 0.5) is 17.2 Å². The van der Waals surface area contributed by atoms with E-state index in [1.165, 1.54) is 12.1 Å². The molecule has 0 saturated heterocycles. The molecule has 0 spiro atoms. The summed E-state index contributed by atoms with van der Waals surface area (Å²) in [7, 11) is 0. The van der Waals surface area contributed by atoms with Crippen molar-refractivity contribution in [1.82, 2.24) is 4.98 Å². The van der Waals surface area contributed by atoms with Crippen LogP contribution in [-0.2, 0) is 22.4 Å². The number of nitro benzene ring substituents is 1. The molecule has 2 heterocycles. The lowest BCUT2D eigenvalue weighted by Gasteiger charge is -2.36. The zero-order valence-electron chi connectivity index (χ0n) is 18.9. The van der Waals surface area contributed by atoms with Crippen LogP contribution in [0.25, 0.3) is 0 Å². The van der Waals surface area contributed by atoms with Crippen LogP contribution >= 0.6 is 0 Å². The normalized spacial score (nSPS) is 20.6. The summed E-state index contributed by atoms with van der Waals surface area (Å²) in [6.07, 6.45) is 7.82. The van der Waals surface area contributed by atoms with Gasteiger partial charge in [0.2, 0.25) is 0 Å². The molecule has 1 aromatic heterocycles. The second-order valence-corrected chi connectivity index (χ2v) is 9.40. The van der Waals surface area contributed by atoms with Crippen molar-refractivity contribution in [3.8, 4) is 12.3 Å². The Balaban J connectivity index is 1.95. The molecule has 1 aromatic carbocycles. The molecule has 0 bridgehead atoms. The van der Waals surface area contributed by atoms with Gasteiger partial charge in [-0.2, -0.15) is 0 Å². The van der Waals surface area contributed by atoms with Crippen molar-refractivity contribution in [3.05, 3.63) is 56.8 Å². The molecule has 0 saturated carbocycles. The monoisotopic (exact) mass is 446 g/mol. The molecule has 4 rings (SSSR count). The van der Waals surface area contributed by atoms with Crippen molar-refractivity contribution in [1.29, 1.82) is 0 Å². The number of rotatable bonds is 4. The van der Waals surface area contributed by atoms with Crippen LogP contribution in [0.5, 0.6) is 0 Å². The highest BCUT2D eigenvalue weighted by Gasteiger charge is 2.42. The van der Waals surface area contributed by atoms with Gasteiger partial charge in [0.05, 0.1) is 4.92 Å². The van der Waals surface area contributed by atoms with Crippen LogP contribution in [0.1, 0.15) is 55.5 Å². The summed E-state index contributed by atoms with van der Waals surface area (Å²) in [6, 6.07) is 6.24. The Kier molecular flexibility index (Phi) is 5.66. The maximum Gasteiger partial charge on any atom is 0.316 e. The zero-order chi connectivity index (χ0) is 23.9. The minimum absolute atomic E-state index is 0.0665. The molecule has 2 aliphatic rings. The van der Waals surface area contributed by atoms with Crippen LogP contribution < -0.4 is 5.73 Å². The highest BCUT2D eigenvalue weighted by molar-refractivity contribution is 6.05. The summed E-state index contributed by atoms with van der Waals surface area (Å²) in [5.41, 5.74) is 10.9. The first-order chi connectivity index (χ1) is 15.6. The molecule has 2 atom stereocenters. The minimum Gasteiger partial charge on any atom is -0.452 e. The standard InChI is InChI=1S/C25H26N4O4/c1-5-11-33-24(30)19-14(2)27-23-21(20(19)15-7-6-8-16(12-15)29(31)32)22(26)17-13-25(3,4)10-9-18(17)28-23/h1,6-8,12,19-20H,9-11,13H2,2-4H3,(H2,26,28). The first-order valence-electron chi connectivity index (χ1n) is 10.8. The zero-order valence-corrected chi connectivity index (χ0v) is 18.9. The van der Waals surface area contributed by atoms with E-state index >= 15 is 0 Å². The number of ether oxygens (including phenoxy) is 1. The van der Waals surface area contributed by atoms with E-state index in [2.05, 4.69) is 24.8 Å². The number of anilines is 1. The van der Waals surface area contributed by atoms with Gasteiger partial charge < -0.3 is 10.5 Å². The number of nitro groups is 1. The van der Waals surface area contributed by atoms with Crippen molar-refractivity contribution < 1.29 is 14.5 Å². The maximum atomic E-state index is 13.1. The average molecular weight is 447 g/mol. The Morgan fingerprint density at radius 2 is 2.18 bits per heavy atom. The Morgan fingerprint density at radius 1 is 1.42 bits per heavy atom. The molecule has 2 aromatic rings. The molecule has 170 valence electrons. The number of hydrogen-bond acceptors (Lipinski definition) is 7. The quantitative estimate of drug-likeness (QED) is 0.326. The fourth-order valence-electron chi connectivity index (χ4n) is 4.86. The third-order valence-electron chi connectivity index (χ3n) is 6.51. The number of nitrogens with two attached hydrogens (primary N) is 1. The van der Waals surface area contributed by atoms with E-state index in [1.807, 2.05) is 0 Å². The summed E-state index contributed by atoms with van der Waals surface area (Å²) < 4.78 is 5.28. The topological polar surface area (TPSA) is 121 Å². The molecule has 1 aliphatic heterocycles. The minimum atomic E-state index is -0.827. The third-order valence-corrected chi connectivity index (χ3v) is 6.51. The summed E-state index contributed by atoms with van der Waals surface area (Å²) >= 11 is 0. The molecular formula is C25H26N4O4. The molecule has 0 amide bonds. The third kappa shape index (κ3) is 4.07. The first-order valence-corrected chi connectivity index (χ1v) is 10.8. The van der Waals surface area contributed by atoms with Crippen molar-refractivity contribution in [2.45, 2.75) is 46.0 Å². The van der Waals surface area contributed by atoms with E-state index in [0.717, 1.165) is 30.5 Å². The van der Waals surface area contributed by atoms with Crippen LogP contribution in [0, 0.1) is 33.8 Å². The van der Waals surface area contributed by atoms with E-state index in [0.29, 0.717) is 28.3 Å². The molecule has 2 unspecified atom stereocenters. The van der Waals surface area contributed by atoms with Gasteiger partial charge in [0.1, 0.15) is 5.92 Å². The molecule has 8 heteroatoms. The second-order valence-electron chi connectivity index (χ2n) is 9.40. The number of carbonyl (C=O) groups is 1. The number of esters is 1. The largest absolute Gasteiger partial charge is 0.452 e. The molecule has 33 heavy (non-hydrogen) atoms. The number of pyridine rings is 1. The number of benzene rings is 1. The predicted molar refractivity (Wildman–Crippen MR) is 125 cm³/mol. The summed E-state index contributed by atoms with van der Waals surface area (Å²) in [4.78, 5) is 33.6. The lowest BCUT2D eigenvalue weighted by molar-refractivity contribution is -0.384. The Labute approximate surface area is 192 Å². The van der Waals surface area contributed by atoms with Gasteiger partial charge >= 0.3 is 5.97 Å². The average Bonchev–Trinajstić information content (AvgIpc) is 2.77. The fraction of sp³-hybridized carbons (Fsp3) is 0.400. The SMILES string of the molecule is C#CCOC(=O)C1C(C)=Nc2nc3c(c(N)c2C1c1cccc([N+](=O)[O-])c1)CC(C)(C)CC3. The summed E-state index contributed by atoms with van der Waals surface area (Å²) in [5.74, 6) is 0.753. The lowest BCUT2D eigenvalue weighted by atomic mass is 9.72. The number of carbonyl (C=O) groups excluding carboxylic acids is 1. The number of non-ortho nitro benzene ring substituents is 1. The van der Waals surface area contributed by atoms with Crippen molar-refractivity contribution in [2.75, 3.05) is 12.3 Å². The van der Waals surface area contributed by atoms with Crippen LogP contribution in [0.3, 0.4) is 0 Å². The van der Waals surface area contributed by atoms with Gasteiger partial charge in [-0.05, 0) is 42.7 Å². The first kappa shape index (κ1) is 22.5. The van der Waals surface area contributed by atoms with Crippen molar-refractivity contribution in [3.63, 3.8) is 0 Å². The van der Waals surface area contributed by atoms with E-state index in [-0.39, 0.29) is 17.7 Å². The fourth-order valence-corrected chi connectivity index (χ4v) is 4.86. The van der Waals surface area contributed by atoms with Crippen molar-refractivity contribution >= 4 is 28.9 Å². The van der Waals surface area contributed by atoms with E-state index < -0.39 is 22.7 Å². The van der Waals surface area contributed by atoms with Gasteiger partial charge in [-0.25, -0.2) is 9.98 Å². The number of aliphatic imine (C=N–C) groups is 1. The number of hydrogen-bond donors (Lipinski definition) is 1. The smallest absolute Gasteiger partial charge is 0.316 e.